The van der Waals surface area contributed by atoms with Gasteiger partial charge in [0.2, 0.25) is 0 Å². The summed E-state index contributed by atoms with van der Waals surface area (Å²) in [5.74, 6) is -0.592. The van der Waals surface area contributed by atoms with Crippen LogP contribution in [0.15, 0.2) is 60.8 Å². The average Bonchev–Trinajstić information content (AvgIpc) is 2.48. The van der Waals surface area contributed by atoms with E-state index in [0.717, 1.165) is 5.69 Å². The van der Waals surface area contributed by atoms with Crippen molar-refractivity contribution in [2.45, 2.75) is 6.92 Å². The van der Waals surface area contributed by atoms with Crippen LogP contribution in [-0.2, 0) is 0 Å². The maximum atomic E-state index is 12.7. The first-order valence-corrected chi connectivity index (χ1v) is 6.40. The maximum absolute atomic E-state index is 12.7. The number of allylic oxidation sites excluding steroid dienone is 1. The van der Waals surface area contributed by atoms with Crippen LogP contribution in [0.3, 0.4) is 0 Å². The number of anilines is 1. The summed E-state index contributed by atoms with van der Waals surface area (Å²) in [5.41, 5.74) is 1.82. The molecule has 0 spiro atoms. The summed E-state index contributed by atoms with van der Waals surface area (Å²) in [6.45, 7) is 1.50. The zero-order valence-corrected chi connectivity index (χ0v) is 11.5. The number of halogens is 1. The predicted molar refractivity (Wildman–Crippen MR) is 79.9 cm³/mol. The van der Waals surface area contributed by atoms with Crippen LogP contribution in [0.2, 0.25) is 0 Å². The number of hydrogen-bond acceptors (Lipinski definition) is 3. The van der Waals surface area contributed by atoms with Crippen molar-refractivity contribution in [1.29, 1.82) is 0 Å². The number of rotatable bonds is 5. The summed E-state index contributed by atoms with van der Waals surface area (Å²) in [4.78, 5) is 22.9. The fraction of sp³-hybridized carbons (Fsp3) is 0.0588. The van der Waals surface area contributed by atoms with E-state index in [1.807, 2.05) is 0 Å². The Kier molecular flexibility index (Phi) is 4.61. The lowest BCUT2D eigenvalue weighted by Gasteiger charge is -2.01. The van der Waals surface area contributed by atoms with Gasteiger partial charge in [-0.15, -0.1) is 0 Å². The lowest BCUT2D eigenvalue weighted by molar-refractivity contribution is 0.101. The lowest BCUT2D eigenvalue weighted by Crippen LogP contribution is -1.97. The van der Waals surface area contributed by atoms with E-state index in [2.05, 4.69) is 5.32 Å². The molecule has 0 aliphatic rings. The molecule has 1 N–H and O–H groups in total. The summed E-state index contributed by atoms with van der Waals surface area (Å²) < 4.78 is 12.7. The van der Waals surface area contributed by atoms with Crippen molar-refractivity contribution in [2.24, 2.45) is 0 Å². The molecule has 0 saturated heterocycles. The summed E-state index contributed by atoms with van der Waals surface area (Å²) in [5, 5.41) is 2.94. The highest BCUT2D eigenvalue weighted by atomic mass is 19.1. The average molecular weight is 283 g/mol. The molecule has 0 fully saturated rings. The molecule has 2 aromatic carbocycles. The third kappa shape index (κ3) is 4.11. The van der Waals surface area contributed by atoms with Crippen LogP contribution in [0.4, 0.5) is 10.1 Å². The minimum atomic E-state index is -0.376. The van der Waals surface area contributed by atoms with E-state index < -0.39 is 0 Å². The molecular weight excluding hydrogens is 269 g/mol. The van der Waals surface area contributed by atoms with Gasteiger partial charge < -0.3 is 5.32 Å². The molecule has 3 nitrogen and oxygen atoms in total. The molecule has 0 radical (unpaired) electrons. The van der Waals surface area contributed by atoms with Gasteiger partial charge in [-0.2, -0.15) is 0 Å². The Bertz CT molecular complexity index is 673. The molecular formula is C17H14FNO2. The molecule has 4 heteroatoms. The zero-order chi connectivity index (χ0) is 15.2. The Labute approximate surface area is 122 Å². The summed E-state index contributed by atoms with van der Waals surface area (Å²) >= 11 is 0. The summed E-state index contributed by atoms with van der Waals surface area (Å²) in [7, 11) is 0. The third-order valence-corrected chi connectivity index (χ3v) is 2.90. The van der Waals surface area contributed by atoms with E-state index in [1.165, 1.54) is 43.5 Å². The smallest absolute Gasteiger partial charge is 0.187 e. The van der Waals surface area contributed by atoms with Gasteiger partial charge in [0.25, 0.3) is 0 Å². The Balaban J connectivity index is 1.97. The van der Waals surface area contributed by atoms with Gasteiger partial charge in [-0.1, -0.05) is 0 Å². The SMILES string of the molecule is CC(=O)c1ccc(NC=CC(=O)c2ccc(F)cc2)cc1. The van der Waals surface area contributed by atoms with Crippen molar-refractivity contribution in [3.63, 3.8) is 0 Å². The molecule has 0 aromatic heterocycles. The van der Waals surface area contributed by atoms with Crippen molar-refractivity contribution in [2.75, 3.05) is 5.32 Å². The van der Waals surface area contributed by atoms with E-state index in [9.17, 15) is 14.0 Å². The first-order valence-electron chi connectivity index (χ1n) is 6.40. The van der Waals surface area contributed by atoms with Crippen molar-refractivity contribution in [1.82, 2.24) is 0 Å². The predicted octanol–water partition coefficient (Wildman–Crippen LogP) is 3.84. The molecule has 0 aliphatic heterocycles. The quantitative estimate of drug-likeness (QED) is 0.670. The molecule has 0 amide bonds. The van der Waals surface area contributed by atoms with Crippen LogP contribution in [0, 0.1) is 5.82 Å². The van der Waals surface area contributed by atoms with Gasteiger partial charge in [-0.05, 0) is 55.5 Å². The second-order valence-electron chi connectivity index (χ2n) is 4.48. The van der Waals surface area contributed by atoms with Gasteiger partial charge in [0.15, 0.2) is 11.6 Å². The molecule has 21 heavy (non-hydrogen) atoms. The molecule has 0 heterocycles. The Morgan fingerprint density at radius 1 is 0.952 bits per heavy atom. The first kappa shape index (κ1) is 14.7. The van der Waals surface area contributed by atoms with Gasteiger partial charge in [0.05, 0.1) is 0 Å². The fourth-order valence-corrected chi connectivity index (χ4v) is 1.73. The standard InChI is InChI=1S/C17H14FNO2/c1-12(20)13-4-8-16(9-5-13)19-11-10-17(21)14-2-6-15(18)7-3-14/h2-11,19H,1H3. The van der Waals surface area contributed by atoms with Gasteiger partial charge in [-0.3, -0.25) is 9.59 Å². The molecule has 0 bridgehead atoms. The second kappa shape index (κ2) is 6.61. The monoisotopic (exact) mass is 283 g/mol. The summed E-state index contributed by atoms with van der Waals surface area (Å²) in [6, 6.07) is 12.3. The minimum Gasteiger partial charge on any atom is -0.362 e. The second-order valence-corrected chi connectivity index (χ2v) is 4.48. The Morgan fingerprint density at radius 3 is 2.10 bits per heavy atom. The number of Topliss-reactive ketones (excluding diaryl/α,β-unsaturated/α-hetero) is 1. The number of ketones is 2. The van der Waals surface area contributed by atoms with E-state index in [1.54, 1.807) is 24.3 Å². The highest BCUT2D eigenvalue weighted by Crippen LogP contribution is 2.10. The first-order chi connectivity index (χ1) is 10.1. The van der Waals surface area contributed by atoms with Crippen LogP contribution >= 0.6 is 0 Å². The van der Waals surface area contributed by atoms with Gasteiger partial charge in [0.1, 0.15) is 5.82 Å². The van der Waals surface area contributed by atoms with E-state index >= 15 is 0 Å². The topological polar surface area (TPSA) is 46.2 Å². The van der Waals surface area contributed by atoms with Crippen LogP contribution in [0.25, 0.3) is 0 Å². The summed E-state index contributed by atoms with van der Waals surface area (Å²) in [6.07, 6.45) is 2.88. The largest absolute Gasteiger partial charge is 0.362 e. The van der Waals surface area contributed by atoms with Crippen molar-refractivity contribution >= 4 is 17.3 Å². The van der Waals surface area contributed by atoms with Gasteiger partial charge in [0, 0.05) is 29.1 Å². The molecule has 2 aromatic rings. The van der Waals surface area contributed by atoms with Crippen LogP contribution in [0.5, 0.6) is 0 Å². The van der Waals surface area contributed by atoms with E-state index in [-0.39, 0.29) is 17.4 Å². The van der Waals surface area contributed by atoms with E-state index in [0.29, 0.717) is 11.1 Å². The van der Waals surface area contributed by atoms with Crippen molar-refractivity contribution < 1.29 is 14.0 Å². The number of carbonyl (C=O) groups excluding carboxylic acids is 2. The molecule has 0 atom stereocenters. The highest BCUT2D eigenvalue weighted by Gasteiger charge is 2.01. The van der Waals surface area contributed by atoms with Crippen LogP contribution in [0.1, 0.15) is 27.6 Å². The number of hydrogen-bond donors (Lipinski definition) is 1. The minimum absolute atomic E-state index is 0.00331. The number of carbonyl (C=O) groups is 2. The third-order valence-electron chi connectivity index (χ3n) is 2.90. The zero-order valence-electron chi connectivity index (χ0n) is 11.5. The van der Waals surface area contributed by atoms with Gasteiger partial charge in [-0.25, -0.2) is 4.39 Å². The normalized spacial score (nSPS) is 10.6. The van der Waals surface area contributed by atoms with Crippen molar-refractivity contribution in [3.8, 4) is 0 Å². The van der Waals surface area contributed by atoms with Crippen molar-refractivity contribution in [3.05, 3.63) is 77.8 Å². The molecule has 0 aliphatic carbocycles. The highest BCUT2D eigenvalue weighted by molar-refractivity contribution is 6.04. The lowest BCUT2D eigenvalue weighted by atomic mass is 10.1. The van der Waals surface area contributed by atoms with E-state index in [4.69, 9.17) is 0 Å². The number of nitrogens with one attached hydrogen (secondary N) is 1. The molecule has 106 valence electrons. The Hall–Kier alpha value is -2.75. The number of benzene rings is 2. The van der Waals surface area contributed by atoms with Crippen LogP contribution < -0.4 is 5.32 Å². The molecule has 0 saturated carbocycles. The fourth-order valence-electron chi connectivity index (χ4n) is 1.73. The molecule has 2 rings (SSSR count). The maximum Gasteiger partial charge on any atom is 0.187 e. The Morgan fingerprint density at radius 2 is 1.52 bits per heavy atom. The van der Waals surface area contributed by atoms with Crippen LogP contribution in [-0.4, -0.2) is 11.6 Å². The van der Waals surface area contributed by atoms with Gasteiger partial charge >= 0.3 is 0 Å². The molecule has 0 unspecified atom stereocenters.